The summed E-state index contributed by atoms with van der Waals surface area (Å²) in [4.78, 5) is 2.26. The molecular formula is C14H18F3N. The number of likely N-dealkylation sites (tertiary alicyclic amines) is 1. The summed E-state index contributed by atoms with van der Waals surface area (Å²) in [5, 5.41) is 0. The number of nitrogens with zero attached hydrogens (tertiary/aromatic N) is 1. The van der Waals surface area contributed by atoms with E-state index in [-0.39, 0.29) is 6.04 Å². The Balaban J connectivity index is 2.27. The number of alkyl halides is 3. The van der Waals surface area contributed by atoms with E-state index in [4.69, 9.17) is 0 Å². The molecule has 1 unspecified atom stereocenters. The number of halogens is 3. The number of hydrogen-bond donors (Lipinski definition) is 0. The second kappa shape index (κ2) is 5.31. The van der Waals surface area contributed by atoms with Crippen LogP contribution >= 0.6 is 0 Å². The van der Waals surface area contributed by atoms with Crippen LogP contribution in [0.25, 0.3) is 0 Å². The van der Waals surface area contributed by atoms with E-state index in [0.29, 0.717) is 0 Å². The number of piperidine rings is 1. The van der Waals surface area contributed by atoms with Gasteiger partial charge in [-0.2, -0.15) is 13.2 Å². The van der Waals surface area contributed by atoms with Crippen molar-refractivity contribution in [3.8, 4) is 0 Å². The van der Waals surface area contributed by atoms with Crippen molar-refractivity contribution >= 4 is 0 Å². The Morgan fingerprint density at radius 3 is 2.72 bits per heavy atom. The lowest BCUT2D eigenvalue weighted by atomic mass is 9.94. The number of rotatable bonds is 2. The van der Waals surface area contributed by atoms with Gasteiger partial charge in [0, 0.05) is 6.04 Å². The van der Waals surface area contributed by atoms with Crippen molar-refractivity contribution in [3.05, 3.63) is 35.4 Å². The molecule has 1 heterocycles. The predicted molar refractivity (Wildman–Crippen MR) is 65.3 cm³/mol. The lowest BCUT2D eigenvalue weighted by Crippen LogP contribution is -2.33. The minimum absolute atomic E-state index is 0.144. The van der Waals surface area contributed by atoms with Gasteiger partial charge in [-0.15, -0.1) is 0 Å². The van der Waals surface area contributed by atoms with Gasteiger partial charge in [0.2, 0.25) is 0 Å². The summed E-state index contributed by atoms with van der Waals surface area (Å²) in [6, 6.07) is 5.92. The predicted octanol–water partition coefficient (Wildman–Crippen LogP) is 4.25. The highest BCUT2D eigenvalue weighted by Crippen LogP contribution is 2.35. The van der Waals surface area contributed by atoms with Crippen molar-refractivity contribution in [2.24, 2.45) is 0 Å². The molecule has 0 aliphatic carbocycles. The first-order valence-electron chi connectivity index (χ1n) is 6.43. The Morgan fingerprint density at radius 2 is 2.06 bits per heavy atom. The zero-order chi connectivity index (χ0) is 13.2. The van der Waals surface area contributed by atoms with Gasteiger partial charge in [0.1, 0.15) is 0 Å². The molecule has 1 saturated heterocycles. The van der Waals surface area contributed by atoms with E-state index in [0.717, 1.165) is 44.0 Å². The molecule has 1 fully saturated rings. The van der Waals surface area contributed by atoms with Crippen LogP contribution < -0.4 is 0 Å². The highest BCUT2D eigenvalue weighted by atomic mass is 19.4. The maximum atomic E-state index is 12.7. The standard InChI is InChI=1S/C14H18F3N/c1-2-18-9-4-3-8-13(18)11-6-5-7-12(10-11)14(15,16)17/h5-7,10,13H,2-4,8-9H2,1H3. The fraction of sp³-hybridized carbons (Fsp3) is 0.571. The maximum absolute atomic E-state index is 12.7. The van der Waals surface area contributed by atoms with Gasteiger partial charge in [-0.25, -0.2) is 0 Å². The highest BCUT2D eigenvalue weighted by molar-refractivity contribution is 5.28. The minimum atomic E-state index is -4.25. The fourth-order valence-corrected chi connectivity index (χ4v) is 2.67. The molecule has 4 heteroatoms. The molecule has 1 aromatic rings. The van der Waals surface area contributed by atoms with Crippen LogP contribution in [-0.2, 0) is 6.18 Å². The van der Waals surface area contributed by atoms with Crippen LogP contribution in [0.1, 0.15) is 43.4 Å². The van der Waals surface area contributed by atoms with Crippen molar-refractivity contribution in [1.29, 1.82) is 0 Å². The summed E-state index contributed by atoms with van der Waals surface area (Å²) in [7, 11) is 0. The first-order chi connectivity index (χ1) is 8.52. The van der Waals surface area contributed by atoms with E-state index in [9.17, 15) is 13.2 Å². The quantitative estimate of drug-likeness (QED) is 0.765. The van der Waals surface area contributed by atoms with Crippen molar-refractivity contribution < 1.29 is 13.2 Å². The third kappa shape index (κ3) is 2.86. The molecule has 2 rings (SSSR count). The summed E-state index contributed by atoms with van der Waals surface area (Å²) < 4.78 is 38.1. The Bertz CT molecular complexity index is 400. The molecule has 18 heavy (non-hydrogen) atoms. The van der Waals surface area contributed by atoms with Crippen LogP contribution in [0.15, 0.2) is 24.3 Å². The second-order valence-corrected chi connectivity index (χ2v) is 4.76. The zero-order valence-electron chi connectivity index (χ0n) is 10.5. The number of benzene rings is 1. The number of hydrogen-bond acceptors (Lipinski definition) is 1. The molecule has 100 valence electrons. The molecule has 0 saturated carbocycles. The van der Waals surface area contributed by atoms with E-state index in [1.165, 1.54) is 12.1 Å². The van der Waals surface area contributed by atoms with Gasteiger partial charge in [-0.1, -0.05) is 25.5 Å². The van der Waals surface area contributed by atoms with Crippen molar-refractivity contribution in [3.63, 3.8) is 0 Å². The van der Waals surface area contributed by atoms with E-state index in [1.54, 1.807) is 0 Å². The molecule has 1 aromatic carbocycles. The molecule has 1 aliphatic heterocycles. The van der Waals surface area contributed by atoms with Crippen LogP contribution in [0.2, 0.25) is 0 Å². The molecule has 0 amide bonds. The molecule has 0 radical (unpaired) electrons. The summed E-state index contributed by atoms with van der Waals surface area (Å²) in [5.74, 6) is 0. The summed E-state index contributed by atoms with van der Waals surface area (Å²) in [6.45, 7) is 3.93. The van der Waals surface area contributed by atoms with E-state index in [1.807, 2.05) is 6.07 Å². The molecule has 1 nitrogen and oxygen atoms in total. The lowest BCUT2D eigenvalue weighted by Gasteiger charge is -2.35. The van der Waals surface area contributed by atoms with E-state index >= 15 is 0 Å². The second-order valence-electron chi connectivity index (χ2n) is 4.76. The largest absolute Gasteiger partial charge is 0.416 e. The van der Waals surface area contributed by atoms with Crippen molar-refractivity contribution in [2.75, 3.05) is 13.1 Å². The van der Waals surface area contributed by atoms with Crippen LogP contribution in [0.4, 0.5) is 13.2 Å². The topological polar surface area (TPSA) is 3.24 Å². The Hall–Kier alpha value is -1.03. The van der Waals surface area contributed by atoms with Crippen molar-refractivity contribution in [2.45, 2.75) is 38.4 Å². The van der Waals surface area contributed by atoms with E-state index in [2.05, 4.69) is 11.8 Å². The first kappa shape index (κ1) is 13.4. The van der Waals surface area contributed by atoms with Gasteiger partial charge in [0.05, 0.1) is 5.56 Å². The maximum Gasteiger partial charge on any atom is 0.416 e. The normalized spacial score (nSPS) is 22.1. The van der Waals surface area contributed by atoms with Gasteiger partial charge < -0.3 is 0 Å². The van der Waals surface area contributed by atoms with E-state index < -0.39 is 11.7 Å². The summed E-state index contributed by atoms with van der Waals surface area (Å²) >= 11 is 0. The summed E-state index contributed by atoms with van der Waals surface area (Å²) in [6.07, 6.45) is -1.06. The molecule has 1 aliphatic rings. The lowest BCUT2D eigenvalue weighted by molar-refractivity contribution is -0.137. The monoisotopic (exact) mass is 257 g/mol. The molecule has 0 spiro atoms. The SMILES string of the molecule is CCN1CCCCC1c1cccc(C(F)(F)F)c1. The average molecular weight is 257 g/mol. The highest BCUT2D eigenvalue weighted by Gasteiger charge is 2.31. The third-order valence-corrected chi connectivity index (χ3v) is 3.62. The van der Waals surface area contributed by atoms with Crippen LogP contribution in [0.5, 0.6) is 0 Å². The molecule has 0 N–H and O–H groups in total. The Labute approximate surface area is 106 Å². The van der Waals surface area contributed by atoms with Gasteiger partial charge in [-0.3, -0.25) is 4.90 Å². The van der Waals surface area contributed by atoms with Gasteiger partial charge in [0.25, 0.3) is 0 Å². The summed E-state index contributed by atoms with van der Waals surface area (Å²) in [5.41, 5.74) is 0.257. The van der Waals surface area contributed by atoms with Crippen LogP contribution in [0, 0.1) is 0 Å². The molecule has 1 atom stereocenters. The average Bonchev–Trinajstić information content (AvgIpc) is 2.38. The molecule has 0 aromatic heterocycles. The smallest absolute Gasteiger partial charge is 0.297 e. The fourth-order valence-electron chi connectivity index (χ4n) is 2.67. The van der Waals surface area contributed by atoms with Crippen LogP contribution in [-0.4, -0.2) is 18.0 Å². The zero-order valence-corrected chi connectivity index (χ0v) is 10.5. The first-order valence-corrected chi connectivity index (χ1v) is 6.43. The molecule has 0 bridgehead atoms. The minimum Gasteiger partial charge on any atom is -0.297 e. The third-order valence-electron chi connectivity index (χ3n) is 3.62. The Morgan fingerprint density at radius 1 is 1.28 bits per heavy atom. The van der Waals surface area contributed by atoms with Gasteiger partial charge in [0.15, 0.2) is 0 Å². The van der Waals surface area contributed by atoms with Gasteiger partial charge >= 0.3 is 6.18 Å². The van der Waals surface area contributed by atoms with Gasteiger partial charge in [-0.05, 0) is 43.6 Å². The van der Waals surface area contributed by atoms with Crippen molar-refractivity contribution in [1.82, 2.24) is 4.90 Å². The molecular weight excluding hydrogens is 239 g/mol. The van der Waals surface area contributed by atoms with Crippen LogP contribution in [0.3, 0.4) is 0 Å². The Kier molecular flexibility index (Phi) is 3.95.